The third-order valence-corrected chi connectivity index (χ3v) is 7.77. The van der Waals surface area contributed by atoms with E-state index >= 15 is 0 Å². The molecule has 0 aliphatic heterocycles. The molecule has 11 nitrogen and oxygen atoms in total. The highest BCUT2D eigenvalue weighted by molar-refractivity contribution is 5.95. The summed E-state index contributed by atoms with van der Waals surface area (Å²) in [6.07, 6.45) is 5.71. The molecule has 1 aliphatic carbocycles. The highest BCUT2D eigenvalue weighted by Gasteiger charge is 2.35. The summed E-state index contributed by atoms with van der Waals surface area (Å²) in [6, 6.07) is 13.3. The quantitative estimate of drug-likeness (QED) is 0.101. The van der Waals surface area contributed by atoms with Crippen LogP contribution in [0.15, 0.2) is 53.5 Å². The van der Waals surface area contributed by atoms with Crippen LogP contribution in [0, 0.1) is 18.3 Å². The van der Waals surface area contributed by atoms with E-state index in [4.69, 9.17) is 28.3 Å². The number of nitrogens with one attached hydrogen (secondary N) is 3. The van der Waals surface area contributed by atoms with Crippen LogP contribution in [0.25, 0.3) is 0 Å². The molecule has 1 aliphatic rings. The molecule has 0 heterocycles. The first-order valence-electron chi connectivity index (χ1n) is 14.5. The van der Waals surface area contributed by atoms with Crippen molar-refractivity contribution in [2.45, 2.75) is 76.3 Å². The van der Waals surface area contributed by atoms with E-state index < -0.39 is 29.8 Å². The van der Waals surface area contributed by atoms with E-state index in [2.05, 4.69) is 15.6 Å². The molecule has 0 aromatic heterocycles. The monoisotopic (exact) mass is 576 g/mol. The number of guanidine groups is 1. The number of nitrogens with two attached hydrogens (primary N) is 4. The Morgan fingerprint density at radius 2 is 1.64 bits per heavy atom. The lowest BCUT2D eigenvalue weighted by atomic mass is 9.82. The molecule has 3 amide bonds. The molecule has 42 heavy (non-hydrogen) atoms. The molecule has 0 spiro atoms. The van der Waals surface area contributed by atoms with Crippen LogP contribution < -0.4 is 33.6 Å². The lowest BCUT2D eigenvalue weighted by Crippen LogP contribution is -2.56. The third-order valence-electron chi connectivity index (χ3n) is 7.77. The lowest BCUT2D eigenvalue weighted by molar-refractivity contribution is -0.133. The highest BCUT2D eigenvalue weighted by atomic mass is 16.2. The summed E-state index contributed by atoms with van der Waals surface area (Å²) >= 11 is 0. The zero-order valence-corrected chi connectivity index (χ0v) is 24.3. The van der Waals surface area contributed by atoms with Gasteiger partial charge in [0, 0.05) is 12.1 Å². The minimum Gasteiger partial charge on any atom is -0.384 e. The number of nitrogens with zero attached hydrogens (tertiary/aromatic N) is 1. The Labute approximate surface area is 247 Å². The smallest absolute Gasteiger partial charge is 0.243 e. The molecule has 0 unspecified atom stereocenters. The number of aliphatic imine (C=N–C) groups is 1. The van der Waals surface area contributed by atoms with Crippen LogP contribution in [0.4, 0.5) is 0 Å². The topological polar surface area (TPSA) is 216 Å². The van der Waals surface area contributed by atoms with Crippen LogP contribution in [0.5, 0.6) is 0 Å². The maximum Gasteiger partial charge on any atom is 0.243 e. The Balaban J connectivity index is 1.84. The van der Waals surface area contributed by atoms with Gasteiger partial charge in [0.2, 0.25) is 17.7 Å². The molecular weight excluding hydrogens is 532 g/mol. The van der Waals surface area contributed by atoms with Crippen molar-refractivity contribution in [1.82, 2.24) is 10.6 Å². The molecule has 2 aromatic carbocycles. The summed E-state index contributed by atoms with van der Waals surface area (Å²) in [5.74, 6) is -2.06. The Hall–Kier alpha value is -4.41. The fraction of sp³-hybridized carbons (Fsp3) is 0.452. The number of primary amides is 1. The fourth-order valence-electron chi connectivity index (χ4n) is 5.47. The van der Waals surface area contributed by atoms with Gasteiger partial charge in [-0.15, -0.1) is 0 Å². The predicted octanol–water partition coefficient (Wildman–Crippen LogP) is 1.69. The molecule has 3 rings (SSSR count). The number of carbonyl (C=O) groups is 3. The zero-order valence-electron chi connectivity index (χ0n) is 24.3. The van der Waals surface area contributed by atoms with Crippen molar-refractivity contribution in [3.63, 3.8) is 0 Å². The van der Waals surface area contributed by atoms with E-state index in [1.165, 1.54) is 0 Å². The Morgan fingerprint density at radius 3 is 2.24 bits per heavy atom. The molecule has 0 bridgehead atoms. The molecule has 11 heteroatoms. The second kappa shape index (κ2) is 15.6. The van der Waals surface area contributed by atoms with Gasteiger partial charge >= 0.3 is 0 Å². The minimum atomic E-state index is -0.915. The zero-order chi connectivity index (χ0) is 30.6. The second-order valence-electron chi connectivity index (χ2n) is 11.1. The van der Waals surface area contributed by atoms with E-state index in [0.29, 0.717) is 24.9 Å². The van der Waals surface area contributed by atoms with Gasteiger partial charge in [0.25, 0.3) is 0 Å². The van der Waals surface area contributed by atoms with Crippen molar-refractivity contribution < 1.29 is 14.4 Å². The first kappa shape index (κ1) is 32.1. The third kappa shape index (κ3) is 9.60. The van der Waals surface area contributed by atoms with Crippen molar-refractivity contribution in [3.8, 4) is 0 Å². The van der Waals surface area contributed by atoms with Crippen molar-refractivity contribution in [2.24, 2.45) is 33.8 Å². The molecule has 3 atom stereocenters. The first-order valence-corrected chi connectivity index (χ1v) is 14.5. The lowest BCUT2D eigenvalue weighted by Gasteiger charge is -2.32. The molecule has 11 N–H and O–H groups in total. The molecule has 0 saturated heterocycles. The van der Waals surface area contributed by atoms with Gasteiger partial charge in [-0.05, 0) is 56.1 Å². The van der Waals surface area contributed by atoms with Crippen LogP contribution in [0.3, 0.4) is 0 Å². The normalized spacial score (nSPS) is 15.5. The number of hydrogen-bond acceptors (Lipinski definition) is 5. The number of hydrogen-bond donors (Lipinski definition) is 7. The van der Waals surface area contributed by atoms with Crippen LogP contribution in [0.1, 0.15) is 73.1 Å². The summed E-state index contributed by atoms with van der Waals surface area (Å²) in [5, 5.41) is 13.5. The van der Waals surface area contributed by atoms with Crippen LogP contribution in [-0.2, 0) is 20.8 Å². The number of amidine groups is 1. The molecular formula is C31H44N8O3. The Morgan fingerprint density at radius 1 is 0.952 bits per heavy atom. The SMILES string of the molecule is Cc1cccc([C@@H](Cc2ccc(C(=N)N)cc2)C(=O)N[C@H](C(=O)N[C@@H](CCCN=C(N)N)C(N)=O)C2CCCCC2)c1. The van der Waals surface area contributed by atoms with Crippen molar-refractivity contribution >= 4 is 29.5 Å². The van der Waals surface area contributed by atoms with Gasteiger partial charge in [0.15, 0.2) is 5.96 Å². The first-order chi connectivity index (χ1) is 20.0. The van der Waals surface area contributed by atoms with Crippen LogP contribution in [0.2, 0.25) is 0 Å². The number of aryl methyl sites for hydroxylation is 1. The van der Waals surface area contributed by atoms with E-state index in [1.54, 1.807) is 12.1 Å². The predicted molar refractivity (Wildman–Crippen MR) is 165 cm³/mol. The van der Waals surface area contributed by atoms with Crippen LogP contribution in [-0.4, -0.2) is 48.1 Å². The van der Waals surface area contributed by atoms with Gasteiger partial charge in [-0.1, -0.05) is 73.4 Å². The number of rotatable bonds is 14. The molecule has 226 valence electrons. The largest absolute Gasteiger partial charge is 0.384 e. The summed E-state index contributed by atoms with van der Waals surface area (Å²) in [4.78, 5) is 43.8. The van der Waals surface area contributed by atoms with E-state index in [0.717, 1.165) is 48.8 Å². The van der Waals surface area contributed by atoms with Gasteiger partial charge in [-0.25, -0.2) is 0 Å². The summed E-state index contributed by atoms with van der Waals surface area (Å²) < 4.78 is 0. The minimum absolute atomic E-state index is 0.0265. The van der Waals surface area contributed by atoms with Gasteiger partial charge in [-0.2, -0.15) is 0 Å². The second-order valence-corrected chi connectivity index (χ2v) is 11.1. The number of nitrogen functional groups attached to an aromatic ring is 1. The molecule has 1 saturated carbocycles. The average molecular weight is 577 g/mol. The van der Waals surface area contributed by atoms with E-state index in [1.807, 2.05) is 43.3 Å². The van der Waals surface area contributed by atoms with E-state index in [-0.39, 0.29) is 30.0 Å². The van der Waals surface area contributed by atoms with Crippen molar-refractivity contribution in [2.75, 3.05) is 6.54 Å². The molecule has 0 radical (unpaired) electrons. The van der Waals surface area contributed by atoms with Crippen molar-refractivity contribution in [1.29, 1.82) is 5.41 Å². The van der Waals surface area contributed by atoms with Crippen LogP contribution >= 0.6 is 0 Å². The fourth-order valence-corrected chi connectivity index (χ4v) is 5.47. The summed E-state index contributed by atoms with van der Waals surface area (Å²) in [5.41, 5.74) is 25.3. The number of benzene rings is 2. The maximum atomic E-state index is 14.0. The number of carbonyl (C=O) groups excluding carboxylic acids is 3. The van der Waals surface area contributed by atoms with Gasteiger partial charge in [0.05, 0.1) is 5.92 Å². The van der Waals surface area contributed by atoms with Gasteiger partial charge in [-0.3, -0.25) is 24.8 Å². The Kier molecular flexibility index (Phi) is 11.9. The van der Waals surface area contributed by atoms with Crippen molar-refractivity contribution in [3.05, 3.63) is 70.8 Å². The van der Waals surface area contributed by atoms with E-state index in [9.17, 15) is 14.4 Å². The molecule has 2 aromatic rings. The Bertz CT molecular complexity index is 1270. The molecule has 1 fully saturated rings. The summed E-state index contributed by atoms with van der Waals surface area (Å²) in [6.45, 7) is 2.27. The standard InChI is InChI=1S/C31H44N8O3/c1-19-7-5-10-23(17-19)24(18-20-12-14-22(15-13-20)27(32)33)29(41)39-26(21-8-3-2-4-9-21)30(42)38-25(28(34)40)11-6-16-37-31(35)36/h5,7,10,12-15,17,21,24-26H,2-4,6,8-9,11,16,18H2,1H3,(H3,32,33)(H2,34,40)(H,38,42)(H,39,41)(H4,35,36,37)/t24-,25+,26+/m1/s1. The summed E-state index contributed by atoms with van der Waals surface area (Å²) in [7, 11) is 0. The average Bonchev–Trinajstić information content (AvgIpc) is 2.96. The number of amides is 3. The maximum absolute atomic E-state index is 14.0. The van der Waals surface area contributed by atoms with Gasteiger partial charge < -0.3 is 33.6 Å². The van der Waals surface area contributed by atoms with Gasteiger partial charge in [0.1, 0.15) is 17.9 Å². The highest BCUT2D eigenvalue weighted by Crippen LogP contribution is 2.29.